The van der Waals surface area contributed by atoms with E-state index < -0.39 is 23.2 Å². The summed E-state index contributed by atoms with van der Waals surface area (Å²) in [4.78, 5) is 22.7. The summed E-state index contributed by atoms with van der Waals surface area (Å²) >= 11 is 0. The Morgan fingerprint density at radius 2 is 1.78 bits per heavy atom. The van der Waals surface area contributed by atoms with E-state index in [-0.39, 0.29) is 6.42 Å². The van der Waals surface area contributed by atoms with Gasteiger partial charge in [0, 0.05) is 0 Å². The van der Waals surface area contributed by atoms with Gasteiger partial charge in [0.05, 0.1) is 12.0 Å². The van der Waals surface area contributed by atoms with Crippen molar-refractivity contribution in [2.45, 2.75) is 70.4 Å². The summed E-state index contributed by atoms with van der Waals surface area (Å²) in [6.45, 7) is 5.37. The molecule has 0 heterocycles. The maximum absolute atomic E-state index is 11.8. The second kappa shape index (κ2) is 5.59. The van der Waals surface area contributed by atoms with E-state index in [1.807, 2.05) is 0 Å². The van der Waals surface area contributed by atoms with Crippen LogP contribution in [0.1, 0.15) is 59.3 Å². The minimum atomic E-state index is -0.882. The van der Waals surface area contributed by atoms with Gasteiger partial charge in [0.15, 0.2) is 0 Å². The van der Waals surface area contributed by atoms with E-state index in [0.29, 0.717) is 12.8 Å². The van der Waals surface area contributed by atoms with Crippen LogP contribution in [0.25, 0.3) is 0 Å². The zero-order chi connectivity index (χ0) is 13.8. The molecule has 0 aliphatic heterocycles. The molecule has 1 rings (SSSR count). The van der Waals surface area contributed by atoms with Crippen molar-refractivity contribution < 1.29 is 19.4 Å². The van der Waals surface area contributed by atoms with E-state index in [4.69, 9.17) is 9.84 Å². The first-order valence-electron chi connectivity index (χ1n) is 6.45. The smallest absolute Gasteiger partial charge is 0.408 e. The van der Waals surface area contributed by atoms with Crippen molar-refractivity contribution in [1.29, 1.82) is 0 Å². The number of hydrogen-bond acceptors (Lipinski definition) is 3. The first-order chi connectivity index (χ1) is 8.22. The fourth-order valence-corrected chi connectivity index (χ4v) is 2.38. The van der Waals surface area contributed by atoms with Gasteiger partial charge in [0.25, 0.3) is 0 Å². The van der Waals surface area contributed by atoms with Crippen molar-refractivity contribution >= 4 is 12.1 Å². The van der Waals surface area contributed by atoms with Gasteiger partial charge in [-0.2, -0.15) is 0 Å². The third kappa shape index (κ3) is 4.94. The third-order valence-electron chi connectivity index (χ3n) is 3.07. The molecule has 0 radical (unpaired) electrons. The van der Waals surface area contributed by atoms with Gasteiger partial charge in [-0.05, 0) is 33.6 Å². The highest BCUT2D eigenvalue weighted by atomic mass is 16.6. The number of ether oxygens (including phenoxy) is 1. The molecule has 1 amide bonds. The minimum Gasteiger partial charge on any atom is -0.481 e. The normalized spacial score (nSPS) is 19.1. The molecule has 1 fully saturated rings. The van der Waals surface area contributed by atoms with Crippen molar-refractivity contribution in [2.75, 3.05) is 0 Å². The lowest BCUT2D eigenvalue weighted by Crippen LogP contribution is -2.52. The average molecular weight is 257 g/mol. The van der Waals surface area contributed by atoms with Gasteiger partial charge in [-0.25, -0.2) is 4.79 Å². The van der Waals surface area contributed by atoms with Crippen molar-refractivity contribution in [3.8, 4) is 0 Å². The Hall–Kier alpha value is -1.26. The molecule has 0 bridgehead atoms. The SMILES string of the molecule is CC(C)(C)OC(=O)NC1(CC(=O)O)CCCCC1. The molecule has 18 heavy (non-hydrogen) atoms. The number of carboxylic acid groups (broad SMARTS) is 1. The van der Waals surface area contributed by atoms with E-state index in [2.05, 4.69) is 5.32 Å². The summed E-state index contributed by atoms with van der Waals surface area (Å²) in [7, 11) is 0. The number of amides is 1. The molecule has 0 aromatic heterocycles. The molecule has 2 N–H and O–H groups in total. The Morgan fingerprint density at radius 3 is 2.22 bits per heavy atom. The van der Waals surface area contributed by atoms with Crippen LogP contribution in [0.4, 0.5) is 4.79 Å². The highest BCUT2D eigenvalue weighted by Crippen LogP contribution is 2.31. The molecule has 5 nitrogen and oxygen atoms in total. The van der Waals surface area contributed by atoms with Crippen molar-refractivity contribution in [3.63, 3.8) is 0 Å². The number of alkyl carbamates (subject to hydrolysis) is 1. The molecule has 1 aliphatic carbocycles. The van der Waals surface area contributed by atoms with E-state index in [1.54, 1.807) is 20.8 Å². The van der Waals surface area contributed by atoms with E-state index in [9.17, 15) is 9.59 Å². The lowest BCUT2D eigenvalue weighted by molar-refractivity contribution is -0.139. The van der Waals surface area contributed by atoms with Crippen LogP contribution in [0.15, 0.2) is 0 Å². The Bertz CT molecular complexity index is 313. The van der Waals surface area contributed by atoms with Crippen LogP contribution < -0.4 is 5.32 Å². The molecule has 0 spiro atoms. The summed E-state index contributed by atoms with van der Waals surface area (Å²) in [5.41, 5.74) is -1.20. The van der Waals surface area contributed by atoms with Crippen LogP contribution in [0.3, 0.4) is 0 Å². The van der Waals surface area contributed by atoms with Crippen LogP contribution in [-0.2, 0) is 9.53 Å². The van der Waals surface area contributed by atoms with Crippen LogP contribution in [0.2, 0.25) is 0 Å². The zero-order valence-electron chi connectivity index (χ0n) is 11.4. The second-order valence-electron chi connectivity index (χ2n) is 6.04. The van der Waals surface area contributed by atoms with Gasteiger partial charge < -0.3 is 15.2 Å². The number of nitrogens with one attached hydrogen (secondary N) is 1. The number of hydrogen-bond donors (Lipinski definition) is 2. The van der Waals surface area contributed by atoms with Gasteiger partial charge in [-0.1, -0.05) is 19.3 Å². The Morgan fingerprint density at radius 1 is 1.22 bits per heavy atom. The molecular formula is C13H23NO4. The Kier molecular flexibility index (Phi) is 4.59. The van der Waals surface area contributed by atoms with Gasteiger partial charge in [0.2, 0.25) is 0 Å². The number of rotatable bonds is 3. The predicted octanol–water partition coefficient (Wildman–Crippen LogP) is 2.69. The lowest BCUT2D eigenvalue weighted by Gasteiger charge is -2.37. The molecule has 0 atom stereocenters. The maximum Gasteiger partial charge on any atom is 0.408 e. The van der Waals surface area contributed by atoms with E-state index in [0.717, 1.165) is 19.3 Å². The minimum absolute atomic E-state index is 0.0355. The number of aliphatic carboxylic acids is 1. The summed E-state index contributed by atoms with van der Waals surface area (Å²) in [6.07, 6.45) is 3.85. The molecule has 1 saturated carbocycles. The average Bonchev–Trinajstić information content (AvgIpc) is 2.13. The van der Waals surface area contributed by atoms with E-state index in [1.165, 1.54) is 0 Å². The molecule has 0 saturated heterocycles. The monoisotopic (exact) mass is 257 g/mol. The second-order valence-corrected chi connectivity index (χ2v) is 6.04. The summed E-state index contributed by atoms with van der Waals surface area (Å²) in [6, 6.07) is 0. The van der Waals surface area contributed by atoms with Gasteiger partial charge in [-0.15, -0.1) is 0 Å². The topological polar surface area (TPSA) is 75.6 Å². The highest BCUT2D eigenvalue weighted by Gasteiger charge is 2.37. The van der Waals surface area contributed by atoms with E-state index >= 15 is 0 Å². The van der Waals surface area contributed by atoms with Crippen LogP contribution in [-0.4, -0.2) is 28.3 Å². The molecule has 0 aromatic carbocycles. The van der Waals surface area contributed by atoms with Crippen LogP contribution in [0.5, 0.6) is 0 Å². The third-order valence-corrected chi connectivity index (χ3v) is 3.07. The Labute approximate surface area is 108 Å². The van der Waals surface area contributed by atoms with Crippen molar-refractivity contribution in [1.82, 2.24) is 5.32 Å². The molecule has 5 heteroatoms. The van der Waals surface area contributed by atoms with Gasteiger partial charge in [-0.3, -0.25) is 4.79 Å². The summed E-state index contributed by atoms with van der Waals surface area (Å²) < 4.78 is 5.20. The highest BCUT2D eigenvalue weighted by molar-refractivity contribution is 5.73. The fourth-order valence-electron chi connectivity index (χ4n) is 2.38. The number of carboxylic acids is 1. The standard InChI is InChI=1S/C13H23NO4/c1-12(2,3)18-11(17)14-13(9-10(15)16)7-5-4-6-8-13/h4-9H2,1-3H3,(H,14,17)(H,15,16). The fraction of sp³-hybridized carbons (Fsp3) is 0.846. The van der Waals surface area contributed by atoms with Crippen LogP contribution >= 0.6 is 0 Å². The molecule has 104 valence electrons. The predicted molar refractivity (Wildman–Crippen MR) is 67.4 cm³/mol. The van der Waals surface area contributed by atoms with Crippen LogP contribution in [0, 0.1) is 0 Å². The Balaban J connectivity index is 2.66. The maximum atomic E-state index is 11.8. The summed E-state index contributed by atoms with van der Waals surface area (Å²) in [5.74, 6) is -0.882. The van der Waals surface area contributed by atoms with Crippen molar-refractivity contribution in [2.24, 2.45) is 0 Å². The lowest BCUT2D eigenvalue weighted by atomic mass is 9.79. The molecule has 0 aromatic rings. The molecule has 1 aliphatic rings. The van der Waals surface area contributed by atoms with Gasteiger partial charge >= 0.3 is 12.1 Å². The van der Waals surface area contributed by atoms with Crippen molar-refractivity contribution in [3.05, 3.63) is 0 Å². The first-order valence-corrected chi connectivity index (χ1v) is 6.45. The summed E-state index contributed by atoms with van der Waals surface area (Å²) in [5, 5.41) is 11.8. The molecule has 0 unspecified atom stereocenters. The largest absolute Gasteiger partial charge is 0.481 e. The number of carbonyl (C=O) groups is 2. The zero-order valence-corrected chi connectivity index (χ0v) is 11.4. The number of carbonyl (C=O) groups excluding carboxylic acids is 1. The van der Waals surface area contributed by atoms with Gasteiger partial charge in [0.1, 0.15) is 5.60 Å². The quantitative estimate of drug-likeness (QED) is 0.815. The molecular weight excluding hydrogens is 234 g/mol. The first kappa shape index (κ1) is 14.8.